The third-order valence-corrected chi connectivity index (χ3v) is 3.70. The van der Waals surface area contributed by atoms with E-state index in [2.05, 4.69) is 4.98 Å². The molecule has 1 heterocycles. The molecule has 24 heavy (non-hydrogen) atoms. The molecule has 1 atom stereocenters. The largest absolute Gasteiger partial charge is 0.467 e. The summed E-state index contributed by atoms with van der Waals surface area (Å²) in [4.78, 5) is 16.0. The molecular formula is C17H19Cl2FN2O2. The summed E-state index contributed by atoms with van der Waals surface area (Å²) in [5, 5.41) is 0.109. The number of halogens is 3. The molecule has 130 valence electrons. The van der Waals surface area contributed by atoms with Gasteiger partial charge in [-0.3, -0.25) is 0 Å². The number of nitrogens with two attached hydrogens (primary N) is 1. The Morgan fingerprint density at radius 1 is 1.25 bits per heavy atom. The van der Waals surface area contributed by atoms with E-state index in [1.165, 1.54) is 38.3 Å². The minimum absolute atomic E-state index is 0.0377. The van der Waals surface area contributed by atoms with Crippen LogP contribution in [0.1, 0.15) is 26.3 Å². The van der Waals surface area contributed by atoms with Crippen LogP contribution in [0.5, 0.6) is 0 Å². The molecule has 0 amide bonds. The number of benzene rings is 1. The summed E-state index contributed by atoms with van der Waals surface area (Å²) in [5.41, 5.74) is 6.02. The van der Waals surface area contributed by atoms with Gasteiger partial charge in [0.25, 0.3) is 0 Å². The molecule has 0 radical (unpaired) electrons. The Morgan fingerprint density at radius 2 is 1.88 bits per heavy atom. The Hall–Kier alpha value is -1.69. The van der Waals surface area contributed by atoms with Crippen molar-refractivity contribution in [1.29, 1.82) is 0 Å². The van der Waals surface area contributed by atoms with Crippen molar-refractivity contribution >= 4 is 29.2 Å². The fraction of sp³-hybridized carbons (Fsp3) is 0.294. The van der Waals surface area contributed by atoms with Gasteiger partial charge in [0.2, 0.25) is 0 Å². The molecule has 1 aromatic heterocycles. The number of aromatic nitrogens is 1. The lowest BCUT2D eigenvalue weighted by molar-refractivity contribution is -0.146. The van der Waals surface area contributed by atoms with Crippen LogP contribution in [0, 0.1) is 5.82 Å². The van der Waals surface area contributed by atoms with Crippen molar-refractivity contribution in [3.8, 4) is 11.3 Å². The third kappa shape index (κ3) is 4.44. The SMILES string of the molecule is CC.COC(=O)C(C)(N)c1cc(Cl)nc(-c2ccc(F)c(Cl)c2)c1. The maximum absolute atomic E-state index is 13.3. The van der Waals surface area contributed by atoms with Gasteiger partial charge in [0, 0.05) is 5.56 Å². The molecule has 2 N–H and O–H groups in total. The van der Waals surface area contributed by atoms with Crippen molar-refractivity contribution < 1.29 is 13.9 Å². The molecule has 0 bridgehead atoms. The minimum atomic E-state index is -1.39. The van der Waals surface area contributed by atoms with Crippen LogP contribution in [0.2, 0.25) is 10.2 Å². The van der Waals surface area contributed by atoms with Crippen LogP contribution in [0.15, 0.2) is 30.3 Å². The van der Waals surface area contributed by atoms with Crippen LogP contribution in [0.4, 0.5) is 4.39 Å². The first kappa shape index (κ1) is 20.4. The molecule has 2 aromatic rings. The van der Waals surface area contributed by atoms with Crippen molar-refractivity contribution in [3.63, 3.8) is 0 Å². The Balaban J connectivity index is 0.00000139. The second-order valence-corrected chi connectivity index (χ2v) is 5.68. The molecule has 1 unspecified atom stereocenters. The summed E-state index contributed by atoms with van der Waals surface area (Å²) in [7, 11) is 1.25. The first-order valence-electron chi connectivity index (χ1n) is 7.26. The lowest BCUT2D eigenvalue weighted by Gasteiger charge is -2.22. The van der Waals surface area contributed by atoms with Gasteiger partial charge in [-0.15, -0.1) is 0 Å². The minimum Gasteiger partial charge on any atom is -0.467 e. The van der Waals surface area contributed by atoms with Crippen LogP contribution in [-0.4, -0.2) is 18.1 Å². The smallest absolute Gasteiger partial charge is 0.330 e. The number of ether oxygens (including phenoxy) is 1. The number of carbonyl (C=O) groups excluding carboxylic acids is 1. The number of pyridine rings is 1. The Labute approximate surface area is 150 Å². The van der Waals surface area contributed by atoms with Gasteiger partial charge in [-0.05, 0) is 42.8 Å². The molecule has 0 spiro atoms. The topological polar surface area (TPSA) is 65.2 Å². The number of hydrogen-bond donors (Lipinski definition) is 1. The quantitative estimate of drug-likeness (QED) is 0.632. The standard InChI is InChI=1S/C15H13Cl2FN2O2.C2H6/c1-15(19,14(21)22-2)9-6-12(20-13(17)7-9)8-3-4-11(18)10(16)5-8;1-2/h3-7H,19H2,1-2H3;1-2H3. The molecule has 1 aromatic carbocycles. The molecule has 0 aliphatic heterocycles. The lowest BCUT2D eigenvalue weighted by atomic mass is 9.93. The number of rotatable bonds is 3. The highest BCUT2D eigenvalue weighted by molar-refractivity contribution is 6.31. The van der Waals surface area contributed by atoms with Gasteiger partial charge >= 0.3 is 5.97 Å². The molecule has 0 aliphatic rings. The summed E-state index contributed by atoms with van der Waals surface area (Å²) in [5.74, 6) is -1.15. The molecular weight excluding hydrogens is 354 g/mol. The monoisotopic (exact) mass is 372 g/mol. The normalized spacial score (nSPS) is 12.7. The number of hydrogen-bond acceptors (Lipinski definition) is 4. The fourth-order valence-corrected chi connectivity index (χ4v) is 2.32. The molecule has 0 saturated carbocycles. The van der Waals surface area contributed by atoms with Crippen molar-refractivity contribution in [2.45, 2.75) is 26.3 Å². The molecule has 4 nitrogen and oxygen atoms in total. The predicted molar refractivity (Wildman–Crippen MR) is 94.6 cm³/mol. The first-order chi connectivity index (χ1) is 11.3. The van der Waals surface area contributed by atoms with Gasteiger partial charge in [-0.2, -0.15) is 0 Å². The number of carbonyl (C=O) groups is 1. The van der Waals surface area contributed by atoms with Crippen LogP contribution < -0.4 is 5.73 Å². The summed E-state index contributed by atoms with van der Waals surface area (Å²) in [6, 6.07) is 7.22. The Kier molecular flexibility index (Phi) is 7.14. The van der Waals surface area contributed by atoms with Gasteiger partial charge in [-0.1, -0.05) is 37.0 Å². The lowest BCUT2D eigenvalue weighted by Crippen LogP contribution is -2.42. The van der Waals surface area contributed by atoms with E-state index in [0.29, 0.717) is 16.8 Å². The zero-order valence-electron chi connectivity index (χ0n) is 13.9. The summed E-state index contributed by atoms with van der Waals surface area (Å²) in [6.45, 7) is 5.51. The van der Waals surface area contributed by atoms with E-state index < -0.39 is 17.3 Å². The van der Waals surface area contributed by atoms with Crippen LogP contribution in [-0.2, 0) is 15.1 Å². The van der Waals surface area contributed by atoms with E-state index in [0.717, 1.165) is 0 Å². The zero-order chi connectivity index (χ0) is 18.5. The van der Waals surface area contributed by atoms with Crippen LogP contribution in [0.25, 0.3) is 11.3 Å². The molecule has 7 heteroatoms. The van der Waals surface area contributed by atoms with Gasteiger partial charge < -0.3 is 10.5 Å². The maximum atomic E-state index is 13.3. The Bertz CT molecular complexity index is 737. The second kappa shape index (κ2) is 8.42. The molecule has 2 rings (SSSR count). The van der Waals surface area contributed by atoms with E-state index in [-0.39, 0.29) is 10.2 Å². The highest BCUT2D eigenvalue weighted by Crippen LogP contribution is 2.29. The summed E-state index contributed by atoms with van der Waals surface area (Å²) in [6.07, 6.45) is 0. The summed E-state index contributed by atoms with van der Waals surface area (Å²) >= 11 is 11.8. The van der Waals surface area contributed by atoms with Gasteiger partial charge in [0.1, 0.15) is 16.5 Å². The number of esters is 1. The van der Waals surface area contributed by atoms with Crippen molar-refractivity contribution in [3.05, 3.63) is 51.9 Å². The van der Waals surface area contributed by atoms with E-state index in [1.807, 2.05) is 13.8 Å². The highest BCUT2D eigenvalue weighted by Gasteiger charge is 2.32. The van der Waals surface area contributed by atoms with Crippen molar-refractivity contribution in [1.82, 2.24) is 4.98 Å². The van der Waals surface area contributed by atoms with Crippen LogP contribution >= 0.6 is 23.2 Å². The van der Waals surface area contributed by atoms with E-state index in [1.54, 1.807) is 6.07 Å². The van der Waals surface area contributed by atoms with Crippen LogP contribution in [0.3, 0.4) is 0 Å². The maximum Gasteiger partial charge on any atom is 0.330 e. The zero-order valence-corrected chi connectivity index (χ0v) is 15.4. The summed E-state index contributed by atoms with van der Waals surface area (Å²) < 4.78 is 17.9. The van der Waals surface area contributed by atoms with Gasteiger partial charge in [0.15, 0.2) is 0 Å². The van der Waals surface area contributed by atoms with E-state index >= 15 is 0 Å². The number of nitrogens with zero attached hydrogens (tertiary/aromatic N) is 1. The predicted octanol–water partition coefficient (Wildman–Crippen LogP) is 4.57. The average Bonchev–Trinajstić information content (AvgIpc) is 2.57. The van der Waals surface area contributed by atoms with Crippen molar-refractivity contribution in [2.24, 2.45) is 5.73 Å². The fourth-order valence-electron chi connectivity index (χ4n) is 1.93. The third-order valence-electron chi connectivity index (χ3n) is 3.22. The van der Waals surface area contributed by atoms with E-state index in [9.17, 15) is 9.18 Å². The van der Waals surface area contributed by atoms with E-state index in [4.69, 9.17) is 33.7 Å². The molecule has 0 saturated heterocycles. The Morgan fingerprint density at radius 3 is 2.42 bits per heavy atom. The molecule has 0 fully saturated rings. The van der Waals surface area contributed by atoms with Gasteiger partial charge in [0.05, 0.1) is 17.8 Å². The van der Waals surface area contributed by atoms with Gasteiger partial charge in [-0.25, -0.2) is 14.2 Å². The molecule has 0 aliphatic carbocycles. The second-order valence-electron chi connectivity index (χ2n) is 4.89. The highest BCUT2D eigenvalue weighted by atomic mass is 35.5. The average molecular weight is 373 g/mol. The number of methoxy groups -OCH3 is 1. The first-order valence-corrected chi connectivity index (χ1v) is 8.02. The van der Waals surface area contributed by atoms with Crippen molar-refractivity contribution in [2.75, 3.05) is 7.11 Å².